The van der Waals surface area contributed by atoms with Crippen molar-refractivity contribution >= 4 is 11.6 Å². The molecule has 0 aliphatic rings. The van der Waals surface area contributed by atoms with Crippen molar-refractivity contribution in [3.63, 3.8) is 0 Å². The first-order valence-electron chi connectivity index (χ1n) is 6.66. The minimum absolute atomic E-state index is 0.133. The standard InChI is InChI=1S/C16H26O3/c1-11(2)7-15(17)13(5)9-19-10-14(6)16(18)8-12(3)4/h13-14H,1,3,7-10H2,2,4-6H3. The van der Waals surface area contributed by atoms with Crippen molar-refractivity contribution in [3.8, 4) is 0 Å². The van der Waals surface area contributed by atoms with Crippen LogP contribution in [0.3, 0.4) is 0 Å². The highest BCUT2D eigenvalue weighted by atomic mass is 16.5. The van der Waals surface area contributed by atoms with Gasteiger partial charge in [-0.05, 0) is 13.8 Å². The predicted octanol–water partition coefficient (Wildman–Crippen LogP) is 3.35. The Hall–Kier alpha value is -1.22. The predicted molar refractivity (Wildman–Crippen MR) is 78.0 cm³/mol. The van der Waals surface area contributed by atoms with Gasteiger partial charge in [0.2, 0.25) is 0 Å². The number of carbonyl (C=O) groups is 2. The zero-order valence-corrected chi connectivity index (χ0v) is 12.6. The summed E-state index contributed by atoms with van der Waals surface area (Å²) in [5.41, 5.74) is 1.73. The monoisotopic (exact) mass is 266 g/mol. The lowest BCUT2D eigenvalue weighted by Crippen LogP contribution is -2.22. The lowest BCUT2D eigenvalue weighted by molar-refractivity contribution is -0.125. The molecule has 0 aromatic rings. The molecular weight excluding hydrogens is 240 g/mol. The number of allylic oxidation sites excluding steroid dienone is 2. The minimum Gasteiger partial charge on any atom is -0.380 e. The highest BCUT2D eigenvalue weighted by molar-refractivity contribution is 5.83. The van der Waals surface area contributed by atoms with Gasteiger partial charge in [-0.15, -0.1) is 0 Å². The molecule has 0 N–H and O–H groups in total. The van der Waals surface area contributed by atoms with Crippen LogP contribution in [0.2, 0.25) is 0 Å². The zero-order valence-electron chi connectivity index (χ0n) is 12.6. The van der Waals surface area contributed by atoms with Gasteiger partial charge in [0.1, 0.15) is 11.6 Å². The maximum atomic E-state index is 11.7. The van der Waals surface area contributed by atoms with Gasteiger partial charge in [0.15, 0.2) is 0 Å². The number of ketones is 2. The summed E-state index contributed by atoms with van der Waals surface area (Å²) in [6.07, 6.45) is 0.795. The molecule has 0 aliphatic carbocycles. The molecule has 3 heteroatoms. The third kappa shape index (κ3) is 8.49. The second-order valence-corrected chi connectivity index (χ2v) is 5.54. The summed E-state index contributed by atoms with van der Waals surface area (Å²) in [7, 11) is 0. The van der Waals surface area contributed by atoms with Crippen LogP contribution in [0, 0.1) is 11.8 Å². The molecule has 0 fully saturated rings. The van der Waals surface area contributed by atoms with E-state index < -0.39 is 0 Å². The van der Waals surface area contributed by atoms with Crippen molar-refractivity contribution in [2.45, 2.75) is 40.5 Å². The van der Waals surface area contributed by atoms with E-state index in [1.165, 1.54) is 0 Å². The highest BCUT2D eigenvalue weighted by Gasteiger charge is 2.16. The Morgan fingerprint density at radius 2 is 1.21 bits per heavy atom. The molecule has 2 unspecified atom stereocenters. The van der Waals surface area contributed by atoms with Gasteiger partial charge in [0, 0.05) is 24.7 Å². The van der Waals surface area contributed by atoms with Gasteiger partial charge in [-0.2, -0.15) is 0 Å². The molecule has 0 radical (unpaired) electrons. The molecule has 0 heterocycles. The van der Waals surface area contributed by atoms with E-state index in [1.807, 2.05) is 27.7 Å². The molecule has 0 bridgehead atoms. The lowest BCUT2D eigenvalue weighted by atomic mass is 10.0. The van der Waals surface area contributed by atoms with Gasteiger partial charge >= 0.3 is 0 Å². The molecular formula is C16H26O3. The Labute approximate surface area is 116 Å². The van der Waals surface area contributed by atoms with Crippen molar-refractivity contribution in [3.05, 3.63) is 24.3 Å². The first-order chi connectivity index (χ1) is 8.73. The lowest BCUT2D eigenvalue weighted by Gasteiger charge is -2.14. The van der Waals surface area contributed by atoms with Crippen LogP contribution in [0.5, 0.6) is 0 Å². The van der Waals surface area contributed by atoms with E-state index in [9.17, 15) is 9.59 Å². The average Bonchev–Trinajstić information content (AvgIpc) is 2.26. The Morgan fingerprint density at radius 3 is 1.47 bits per heavy atom. The van der Waals surface area contributed by atoms with Crippen LogP contribution in [-0.4, -0.2) is 24.8 Å². The molecule has 0 rings (SSSR count). The second kappa shape index (κ2) is 8.81. The normalized spacial score (nSPS) is 13.7. The topological polar surface area (TPSA) is 43.4 Å². The van der Waals surface area contributed by atoms with Crippen molar-refractivity contribution < 1.29 is 14.3 Å². The Kier molecular flexibility index (Phi) is 8.24. The molecule has 0 aliphatic heterocycles. The van der Waals surface area contributed by atoms with Gasteiger partial charge in [-0.3, -0.25) is 9.59 Å². The molecule has 19 heavy (non-hydrogen) atoms. The summed E-state index contributed by atoms with van der Waals surface area (Å²) in [6, 6.07) is 0. The first kappa shape index (κ1) is 17.8. The zero-order chi connectivity index (χ0) is 15.0. The summed E-state index contributed by atoms with van der Waals surface area (Å²) in [5.74, 6) is -0.0397. The molecule has 108 valence electrons. The van der Waals surface area contributed by atoms with Gasteiger partial charge in [0.25, 0.3) is 0 Å². The molecule has 0 saturated carbocycles. The van der Waals surface area contributed by atoms with Crippen molar-refractivity contribution in [2.75, 3.05) is 13.2 Å². The van der Waals surface area contributed by atoms with Gasteiger partial charge in [-0.1, -0.05) is 38.2 Å². The summed E-state index contributed by atoms with van der Waals surface area (Å²) in [6.45, 7) is 15.5. The quantitative estimate of drug-likeness (QED) is 0.570. The summed E-state index contributed by atoms with van der Waals surface area (Å²) < 4.78 is 5.46. The first-order valence-corrected chi connectivity index (χ1v) is 6.66. The fourth-order valence-electron chi connectivity index (χ4n) is 1.55. The van der Waals surface area contributed by atoms with Gasteiger partial charge < -0.3 is 4.74 Å². The molecule has 0 aromatic carbocycles. The number of hydrogen-bond acceptors (Lipinski definition) is 3. The maximum Gasteiger partial charge on any atom is 0.141 e. The number of Topliss-reactive ketones (excluding diaryl/α,β-unsaturated/α-hetero) is 2. The number of ether oxygens (including phenoxy) is 1. The average molecular weight is 266 g/mol. The van der Waals surface area contributed by atoms with E-state index in [1.54, 1.807) is 0 Å². The van der Waals surface area contributed by atoms with E-state index in [0.29, 0.717) is 26.1 Å². The summed E-state index contributed by atoms with van der Waals surface area (Å²) in [5, 5.41) is 0. The van der Waals surface area contributed by atoms with Crippen LogP contribution in [0.15, 0.2) is 24.3 Å². The molecule has 0 aromatic heterocycles. The fourth-order valence-corrected chi connectivity index (χ4v) is 1.55. The van der Waals surface area contributed by atoms with Crippen LogP contribution in [0.25, 0.3) is 0 Å². The maximum absolute atomic E-state index is 11.7. The number of rotatable bonds is 10. The smallest absolute Gasteiger partial charge is 0.141 e. The van der Waals surface area contributed by atoms with Crippen LogP contribution in [0.1, 0.15) is 40.5 Å². The van der Waals surface area contributed by atoms with Crippen molar-refractivity contribution in [2.24, 2.45) is 11.8 Å². The van der Waals surface area contributed by atoms with Crippen LogP contribution in [-0.2, 0) is 14.3 Å². The van der Waals surface area contributed by atoms with Crippen LogP contribution >= 0.6 is 0 Å². The van der Waals surface area contributed by atoms with E-state index in [4.69, 9.17) is 4.74 Å². The van der Waals surface area contributed by atoms with Crippen LogP contribution < -0.4 is 0 Å². The van der Waals surface area contributed by atoms with Crippen molar-refractivity contribution in [1.82, 2.24) is 0 Å². The summed E-state index contributed by atoms with van der Waals surface area (Å²) >= 11 is 0. The fraction of sp³-hybridized carbons (Fsp3) is 0.625. The minimum atomic E-state index is -0.153. The molecule has 2 atom stereocenters. The van der Waals surface area contributed by atoms with Gasteiger partial charge in [0.05, 0.1) is 13.2 Å². The summed E-state index contributed by atoms with van der Waals surface area (Å²) in [4.78, 5) is 23.4. The Bertz CT molecular complexity index is 321. The molecule has 0 spiro atoms. The third-order valence-corrected chi connectivity index (χ3v) is 2.79. The van der Waals surface area contributed by atoms with E-state index in [-0.39, 0.29) is 23.4 Å². The number of hydrogen-bond donors (Lipinski definition) is 0. The third-order valence-electron chi connectivity index (χ3n) is 2.79. The van der Waals surface area contributed by atoms with E-state index in [2.05, 4.69) is 13.2 Å². The number of carbonyl (C=O) groups excluding carboxylic acids is 2. The highest BCUT2D eigenvalue weighted by Crippen LogP contribution is 2.10. The molecule has 0 saturated heterocycles. The second-order valence-electron chi connectivity index (χ2n) is 5.54. The molecule has 3 nitrogen and oxygen atoms in total. The Morgan fingerprint density at radius 1 is 0.895 bits per heavy atom. The largest absolute Gasteiger partial charge is 0.380 e. The van der Waals surface area contributed by atoms with Crippen molar-refractivity contribution in [1.29, 1.82) is 0 Å². The van der Waals surface area contributed by atoms with E-state index >= 15 is 0 Å². The molecule has 0 amide bonds. The van der Waals surface area contributed by atoms with E-state index in [0.717, 1.165) is 11.1 Å². The Balaban J connectivity index is 3.95. The SMILES string of the molecule is C=C(C)CC(=O)C(C)COCC(C)C(=O)CC(=C)C. The van der Waals surface area contributed by atoms with Crippen LogP contribution in [0.4, 0.5) is 0 Å². The van der Waals surface area contributed by atoms with Gasteiger partial charge in [-0.25, -0.2) is 0 Å².